The first kappa shape index (κ1) is 16.2. The van der Waals surface area contributed by atoms with Gasteiger partial charge in [-0.25, -0.2) is 4.79 Å². The van der Waals surface area contributed by atoms with Crippen LogP contribution in [0.5, 0.6) is 0 Å². The third kappa shape index (κ3) is 5.03. The molecule has 0 spiro atoms. The number of aromatic nitrogens is 2. The largest absolute Gasteiger partial charge is 0.325 e. The van der Waals surface area contributed by atoms with Gasteiger partial charge in [-0.15, -0.1) is 12.4 Å². The summed E-state index contributed by atoms with van der Waals surface area (Å²) in [6, 6.07) is 11.8. The predicted molar refractivity (Wildman–Crippen MR) is 81.4 cm³/mol. The molecule has 0 saturated carbocycles. The number of H-pyrrole nitrogens is 2. The third-order valence-electron chi connectivity index (χ3n) is 2.84. The molecule has 2 aromatic rings. The van der Waals surface area contributed by atoms with Crippen molar-refractivity contribution in [2.75, 3.05) is 0 Å². The summed E-state index contributed by atoms with van der Waals surface area (Å²) in [5.41, 5.74) is 0.992. The van der Waals surface area contributed by atoms with Crippen LogP contribution in [0.2, 0.25) is 0 Å². The second-order valence-electron chi connectivity index (χ2n) is 4.58. The summed E-state index contributed by atoms with van der Waals surface area (Å²) in [5, 5.41) is 3.28. The first-order valence-electron chi connectivity index (χ1n) is 6.23. The Kier molecular flexibility index (Phi) is 6.21. The number of nitrogens with one attached hydrogen (secondary N) is 3. The quantitative estimate of drug-likeness (QED) is 0.776. The zero-order chi connectivity index (χ0) is 13.7. The maximum atomic E-state index is 11.1. The minimum atomic E-state index is -0.472. The lowest BCUT2D eigenvalue weighted by Crippen LogP contribution is -2.31. The van der Waals surface area contributed by atoms with Crippen LogP contribution in [-0.2, 0) is 13.0 Å². The molecule has 0 amide bonds. The monoisotopic (exact) mass is 295 g/mol. The number of benzene rings is 1. The van der Waals surface area contributed by atoms with Gasteiger partial charge in [-0.2, -0.15) is 0 Å². The van der Waals surface area contributed by atoms with E-state index in [1.165, 1.54) is 11.6 Å². The number of hydrogen-bond acceptors (Lipinski definition) is 3. The average Bonchev–Trinajstić information content (AvgIpc) is 2.36. The van der Waals surface area contributed by atoms with Crippen LogP contribution in [0.25, 0.3) is 0 Å². The van der Waals surface area contributed by atoms with Gasteiger partial charge in [0.1, 0.15) is 0 Å². The minimum absolute atomic E-state index is 0. The van der Waals surface area contributed by atoms with E-state index in [1.54, 1.807) is 0 Å². The van der Waals surface area contributed by atoms with Crippen molar-refractivity contribution in [1.82, 2.24) is 15.3 Å². The molecule has 0 saturated heterocycles. The maximum Gasteiger partial charge on any atom is 0.325 e. The molecular formula is C14H18ClN3O2. The molecule has 0 radical (unpaired) electrons. The van der Waals surface area contributed by atoms with Crippen LogP contribution in [0.4, 0.5) is 0 Å². The van der Waals surface area contributed by atoms with Gasteiger partial charge < -0.3 is 10.3 Å². The highest BCUT2D eigenvalue weighted by atomic mass is 35.5. The summed E-state index contributed by atoms with van der Waals surface area (Å²) in [5.74, 6) is 0. The molecule has 1 aromatic heterocycles. The second kappa shape index (κ2) is 7.67. The first-order valence-corrected chi connectivity index (χ1v) is 6.23. The summed E-state index contributed by atoms with van der Waals surface area (Å²) in [4.78, 5) is 27.0. The van der Waals surface area contributed by atoms with Crippen molar-refractivity contribution in [2.45, 2.75) is 25.9 Å². The standard InChI is InChI=1S/C14H17N3O2.ClH/c1-10(7-11-5-3-2-4-6-11)15-9-12-8-13(18)17-14(19)16-12;/h2-6,8,10,15H,7,9H2,1H3,(H2,16,17,18,19);1H. The Morgan fingerprint density at radius 2 is 1.85 bits per heavy atom. The second-order valence-corrected chi connectivity index (χ2v) is 4.58. The zero-order valence-electron chi connectivity index (χ0n) is 11.2. The molecule has 5 nitrogen and oxygen atoms in total. The molecule has 3 N–H and O–H groups in total. The molecule has 1 aromatic carbocycles. The van der Waals surface area contributed by atoms with Crippen LogP contribution in [0.15, 0.2) is 46.0 Å². The Hall–Kier alpha value is -1.85. The first-order chi connectivity index (χ1) is 9.13. The Balaban J connectivity index is 0.00000200. The van der Waals surface area contributed by atoms with Gasteiger partial charge in [-0.3, -0.25) is 9.78 Å². The smallest absolute Gasteiger partial charge is 0.310 e. The summed E-state index contributed by atoms with van der Waals surface area (Å²) in [7, 11) is 0. The number of halogens is 1. The molecule has 1 heterocycles. The molecule has 1 unspecified atom stereocenters. The Bertz CT molecular complexity index is 608. The van der Waals surface area contributed by atoms with Gasteiger partial charge >= 0.3 is 5.69 Å². The van der Waals surface area contributed by atoms with Crippen molar-refractivity contribution in [3.8, 4) is 0 Å². The SMILES string of the molecule is CC(Cc1ccccc1)NCc1cc(=O)[nH]c(=O)[nH]1.Cl. The lowest BCUT2D eigenvalue weighted by molar-refractivity contribution is 0.538. The molecule has 108 valence electrons. The highest BCUT2D eigenvalue weighted by Crippen LogP contribution is 2.03. The lowest BCUT2D eigenvalue weighted by Gasteiger charge is -2.13. The number of rotatable bonds is 5. The van der Waals surface area contributed by atoms with Crippen molar-refractivity contribution in [3.05, 3.63) is 68.5 Å². The van der Waals surface area contributed by atoms with Gasteiger partial charge in [0.15, 0.2) is 0 Å². The van der Waals surface area contributed by atoms with E-state index in [9.17, 15) is 9.59 Å². The number of hydrogen-bond donors (Lipinski definition) is 3. The summed E-state index contributed by atoms with van der Waals surface area (Å²) in [6.45, 7) is 2.53. The average molecular weight is 296 g/mol. The summed E-state index contributed by atoms with van der Waals surface area (Å²) in [6.07, 6.45) is 0.897. The fourth-order valence-electron chi connectivity index (χ4n) is 1.94. The highest BCUT2D eigenvalue weighted by Gasteiger charge is 2.04. The molecule has 1 atom stereocenters. The van der Waals surface area contributed by atoms with Crippen molar-refractivity contribution in [1.29, 1.82) is 0 Å². The lowest BCUT2D eigenvalue weighted by atomic mass is 10.1. The van der Waals surface area contributed by atoms with Crippen molar-refractivity contribution < 1.29 is 0 Å². The Morgan fingerprint density at radius 3 is 2.50 bits per heavy atom. The van der Waals surface area contributed by atoms with Crippen molar-refractivity contribution in [3.63, 3.8) is 0 Å². The van der Waals surface area contributed by atoms with Crippen molar-refractivity contribution >= 4 is 12.4 Å². The van der Waals surface area contributed by atoms with Crippen LogP contribution in [0.1, 0.15) is 18.2 Å². The third-order valence-corrected chi connectivity index (χ3v) is 2.84. The van der Waals surface area contributed by atoms with Crippen LogP contribution in [0, 0.1) is 0 Å². The van der Waals surface area contributed by atoms with Crippen LogP contribution in [0.3, 0.4) is 0 Å². The van der Waals surface area contributed by atoms with E-state index >= 15 is 0 Å². The molecule has 6 heteroatoms. The van der Waals surface area contributed by atoms with Gasteiger partial charge in [-0.1, -0.05) is 30.3 Å². The van der Waals surface area contributed by atoms with E-state index in [1.807, 2.05) is 18.2 Å². The predicted octanol–water partition coefficient (Wildman–Crippen LogP) is 1.21. The molecule has 0 aliphatic rings. The Labute approximate surface area is 122 Å². The van der Waals surface area contributed by atoms with E-state index in [-0.39, 0.29) is 24.0 Å². The van der Waals surface area contributed by atoms with Crippen LogP contribution in [-0.4, -0.2) is 16.0 Å². The fourth-order valence-corrected chi connectivity index (χ4v) is 1.94. The minimum Gasteiger partial charge on any atom is -0.310 e. The van der Waals surface area contributed by atoms with E-state index in [0.29, 0.717) is 12.2 Å². The molecule has 20 heavy (non-hydrogen) atoms. The van der Waals surface area contributed by atoms with Gasteiger partial charge in [0.25, 0.3) is 5.56 Å². The topological polar surface area (TPSA) is 77.8 Å². The van der Waals surface area contributed by atoms with E-state index in [4.69, 9.17) is 0 Å². The summed E-state index contributed by atoms with van der Waals surface area (Å²) >= 11 is 0. The number of aromatic amines is 2. The van der Waals surface area contributed by atoms with Crippen LogP contribution < -0.4 is 16.6 Å². The molecule has 0 fully saturated rings. The van der Waals surface area contributed by atoms with Gasteiger partial charge in [0.2, 0.25) is 0 Å². The van der Waals surface area contributed by atoms with Crippen molar-refractivity contribution in [2.24, 2.45) is 0 Å². The maximum absolute atomic E-state index is 11.1. The van der Waals surface area contributed by atoms with E-state index in [0.717, 1.165) is 6.42 Å². The fraction of sp³-hybridized carbons (Fsp3) is 0.286. The molecule has 2 rings (SSSR count). The van der Waals surface area contributed by atoms with Gasteiger partial charge in [-0.05, 0) is 18.9 Å². The Morgan fingerprint density at radius 1 is 1.15 bits per heavy atom. The van der Waals surface area contributed by atoms with Gasteiger partial charge in [0, 0.05) is 24.3 Å². The molecular weight excluding hydrogens is 278 g/mol. The normalized spacial score (nSPS) is 11.7. The van der Waals surface area contributed by atoms with E-state index < -0.39 is 5.69 Å². The molecule has 0 aliphatic carbocycles. The molecule has 0 bridgehead atoms. The van der Waals surface area contributed by atoms with Crippen LogP contribution >= 0.6 is 12.4 Å². The molecule has 0 aliphatic heterocycles. The van der Waals surface area contributed by atoms with E-state index in [2.05, 4.69) is 34.3 Å². The highest BCUT2D eigenvalue weighted by molar-refractivity contribution is 5.85. The zero-order valence-corrected chi connectivity index (χ0v) is 12.0. The summed E-state index contributed by atoms with van der Waals surface area (Å²) < 4.78 is 0. The van der Waals surface area contributed by atoms with Gasteiger partial charge in [0.05, 0.1) is 0 Å².